The smallest absolute Gasteiger partial charge is 0.335 e. The third-order valence-corrected chi connectivity index (χ3v) is 6.40. The Morgan fingerprint density at radius 1 is 1.00 bits per heavy atom. The van der Waals surface area contributed by atoms with Gasteiger partial charge in [-0.1, -0.05) is 31.5 Å². The van der Waals surface area contributed by atoms with Crippen molar-refractivity contribution in [2.75, 3.05) is 27.2 Å². The molecule has 0 atom stereocenters. The fourth-order valence-corrected chi connectivity index (χ4v) is 4.13. The summed E-state index contributed by atoms with van der Waals surface area (Å²) in [6.07, 6.45) is 2.05. The Balaban J connectivity index is 0.000000322. The van der Waals surface area contributed by atoms with Gasteiger partial charge >= 0.3 is 5.69 Å². The summed E-state index contributed by atoms with van der Waals surface area (Å²) in [7, 11) is 4.95. The molecule has 4 N–H and O–H groups in total. The normalized spacial score (nSPS) is 10.3. The number of amides is 1. The largest absolute Gasteiger partial charge is 0.507 e. The maximum absolute atomic E-state index is 13.1. The minimum absolute atomic E-state index is 0.0301. The number of hydrogen-bond donors (Lipinski definition) is 4. The minimum atomic E-state index is -0.509. The molecule has 1 aromatic heterocycles. The molecule has 0 aliphatic carbocycles. The van der Waals surface area contributed by atoms with Gasteiger partial charge in [0.05, 0.1) is 22.7 Å². The first-order valence-electron chi connectivity index (χ1n) is 14.4. The van der Waals surface area contributed by atoms with Crippen LogP contribution in [0.4, 0.5) is 0 Å². The number of carbonyl (C=O) groups is 2. The van der Waals surface area contributed by atoms with Crippen LogP contribution in [0.15, 0.2) is 70.3 Å². The Kier molecular flexibility index (Phi) is 14.3. The van der Waals surface area contributed by atoms with E-state index in [1.165, 1.54) is 39.9 Å². The average molecular weight is 623 g/mol. The highest BCUT2D eigenvalue weighted by Crippen LogP contribution is 2.25. The van der Waals surface area contributed by atoms with Gasteiger partial charge in [0.25, 0.3) is 17.9 Å². The molecule has 0 unspecified atom stereocenters. The fourth-order valence-electron chi connectivity index (χ4n) is 4.13. The highest BCUT2D eigenvalue weighted by Gasteiger charge is 2.14. The van der Waals surface area contributed by atoms with Crippen molar-refractivity contribution in [2.45, 2.75) is 39.7 Å². The van der Waals surface area contributed by atoms with E-state index in [0.717, 1.165) is 12.8 Å². The average Bonchev–Trinajstić information content (AvgIpc) is 3.01. The van der Waals surface area contributed by atoms with Crippen molar-refractivity contribution in [1.82, 2.24) is 19.8 Å². The Morgan fingerprint density at radius 2 is 1.64 bits per heavy atom. The predicted molar refractivity (Wildman–Crippen MR) is 174 cm³/mol. The summed E-state index contributed by atoms with van der Waals surface area (Å²) in [4.78, 5) is 46.3. The van der Waals surface area contributed by atoms with Gasteiger partial charge in [-0.05, 0) is 75.3 Å². The molecular weight excluding hydrogens is 580 g/mol. The van der Waals surface area contributed by atoms with Crippen molar-refractivity contribution < 1.29 is 29.3 Å². The second-order valence-electron chi connectivity index (χ2n) is 10.1. The van der Waals surface area contributed by atoms with E-state index >= 15 is 0 Å². The van der Waals surface area contributed by atoms with Crippen LogP contribution < -0.4 is 26.6 Å². The van der Waals surface area contributed by atoms with Crippen molar-refractivity contribution in [3.8, 4) is 22.9 Å². The van der Waals surface area contributed by atoms with Gasteiger partial charge in [0, 0.05) is 20.6 Å². The maximum Gasteiger partial charge on any atom is 0.335 e. The third-order valence-electron chi connectivity index (χ3n) is 6.40. The van der Waals surface area contributed by atoms with Crippen molar-refractivity contribution in [1.29, 1.82) is 0 Å². The number of nitrogens with one attached hydrogen (secondary N) is 2. The molecule has 3 aromatic carbocycles. The van der Waals surface area contributed by atoms with E-state index < -0.39 is 5.91 Å². The van der Waals surface area contributed by atoms with E-state index in [0.29, 0.717) is 42.0 Å². The molecule has 0 bridgehead atoms. The minimum Gasteiger partial charge on any atom is -0.507 e. The zero-order chi connectivity index (χ0) is 33.5. The SMILES string of the molecule is CC(C)OC=O.CCCc1ccc(-n2c(=O)c3cc(OCCNC)ccc3n(C)c2=O)cc1.CNC(=O)c1c(O)cccc1O. The van der Waals surface area contributed by atoms with E-state index in [4.69, 9.17) is 4.74 Å². The summed E-state index contributed by atoms with van der Waals surface area (Å²) in [6.45, 7) is 7.38. The number of phenols is 2. The van der Waals surface area contributed by atoms with Crippen LogP contribution in [-0.4, -0.2) is 65.1 Å². The van der Waals surface area contributed by atoms with Gasteiger partial charge in [-0.15, -0.1) is 0 Å². The van der Waals surface area contributed by atoms with E-state index in [1.807, 2.05) is 31.3 Å². The van der Waals surface area contributed by atoms with Crippen LogP contribution in [0.5, 0.6) is 17.2 Å². The second kappa shape index (κ2) is 17.9. The second-order valence-corrected chi connectivity index (χ2v) is 10.1. The number of carbonyl (C=O) groups excluding carboxylic acids is 2. The summed E-state index contributed by atoms with van der Waals surface area (Å²) < 4.78 is 12.7. The third kappa shape index (κ3) is 9.97. The Labute approximate surface area is 261 Å². The molecule has 1 heterocycles. The summed E-state index contributed by atoms with van der Waals surface area (Å²) in [5, 5.41) is 24.1. The molecule has 12 heteroatoms. The van der Waals surface area contributed by atoms with Gasteiger partial charge in [-0.3, -0.25) is 19.0 Å². The number of aromatic nitrogens is 2. The monoisotopic (exact) mass is 622 g/mol. The molecule has 0 saturated carbocycles. The summed E-state index contributed by atoms with van der Waals surface area (Å²) in [6, 6.07) is 16.9. The first-order chi connectivity index (χ1) is 21.5. The van der Waals surface area contributed by atoms with Gasteiger partial charge in [0.15, 0.2) is 0 Å². The van der Waals surface area contributed by atoms with Crippen LogP contribution in [0.2, 0.25) is 0 Å². The molecule has 1 amide bonds. The number of nitrogens with zero attached hydrogens (tertiary/aromatic N) is 2. The lowest BCUT2D eigenvalue weighted by molar-refractivity contribution is -0.131. The highest BCUT2D eigenvalue weighted by atomic mass is 16.5. The molecule has 12 nitrogen and oxygen atoms in total. The molecule has 0 aliphatic heterocycles. The molecule has 242 valence electrons. The molecule has 4 aromatic rings. The number of aryl methyl sites for hydroxylation is 2. The molecule has 0 spiro atoms. The number of fused-ring (bicyclic) bond motifs is 1. The molecule has 0 aliphatic rings. The van der Waals surface area contributed by atoms with Crippen LogP contribution >= 0.6 is 0 Å². The molecule has 45 heavy (non-hydrogen) atoms. The first kappa shape index (κ1) is 36.1. The van der Waals surface area contributed by atoms with Gasteiger partial charge in [-0.25, -0.2) is 9.36 Å². The molecular formula is C33H42N4O8. The number of benzene rings is 3. The van der Waals surface area contributed by atoms with Crippen LogP contribution in [0, 0.1) is 0 Å². The lowest BCUT2D eigenvalue weighted by Crippen LogP contribution is -2.37. The van der Waals surface area contributed by atoms with Gasteiger partial charge in [-0.2, -0.15) is 0 Å². The first-order valence-corrected chi connectivity index (χ1v) is 14.4. The van der Waals surface area contributed by atoms with Crippen molar-refractivity contribution in [2.24, 2.45) is 7.05 Å². The lowest BCUT2D eigenvalue weighted by atomic mass is 10.1. The number of aromatic hydroxyl groups is 2. The predicted octanol–water partition coefficient (Wildman–Crippen LogP) is 3.27. The standard InChI is InChI=1S/C21H25N3O3.C8H9NO3.C4H8O2/c1-4-5-15-6-8-16(9-7-15)24-20(25)18-14-17(27-13-12-22-2)10-11-19(18)23(3)21(24)26;1-9-8(12)7-5(10)3-2-4-6(7)11;1-4(2)6-3-5/h6-11,14,22H,4-5,12-13H2,1-3H3;2-4,10-11H,1H3,(H,9,12);3-4H,1-2H3. The zero-order valence-electron chi connectivity index (χ0n) is 26.5. The maximum atomic E-state index is 13.1. The van der Waals surface area contributed by atoms with Gasteiger partial charge < -0.3 is 30.3 Å². The number of rotatable bonds is 10. The van der Waals surface area contributed by atoms with Gasteiger partial charge in [0.1, 0.15) is 29.4 Å². The molecule has 0 saturated heterocycles. The van der Waals surface area contributed by atoms with E-state index in [-0.39, 0.29) is 34.4 Å². The van der Waals surface area contributed by atoms with E-state index in [2.05, 4.69) is 22.3 Å². The molecule has 0 fully saturated rings. The van der Waals surface area contributed by atoms with Crippen LogP contribution in [0.3, 0.4) is 0 Å². The fraction of sp³-hybridized carbons (Fsp3) is 0.333. The van der Waals surface area contributed by atoms with E-state index in [9.17, 15) is 29.4 Å². The molecule has 0 radical (unpaired) electrons. The number of ether oxygens (including phenoxy) is 2. The highest BCUT2D eigenvalue weighted by molar-refractivity contribution is 5.99. The zero-order valence-corrected chi connectivity index (χ0v) is 26.5. The summed E-state index contributed by atoms with van der Waals surface area (Å²) >= 11 is 0. The van der Waals surface area contributed by atoms with Crippen molar-refractivity contribution >= 4 is 23.3 Å². The quantitative estimate of drug-likeness (QED) is 0.154. The van der Waals surface area contributed by atoms with Gasteiger partial charge in [0.2, 0.25) is 0 Å². The van der Waals surface area contributed by atoms with Crippen LogP contribution in [0.25, 0.3) is 16.6 Å². The van der Waals surface area contributed by atoms with E-state index in [1.54, 1.807) is 39.1 Å². The number of likely N-dealkylation sites (N-methyl/N-ethyl adjacent to an activating group) is 1. The lowest BCUT2D eigenvalue weighted by Gasteiger charge is -2.13. The number of phenolic OH excluding ortho intramolecular Hbond substituents is 2. The topological polar surface area (TPSA) is 161 Å². The number of hydrogen-bond acceptors (Lipinski definition) is 9. The Bertz CT molecular complexity index is 1660. The van der Waals surface area contributed by atoms with Crippen molar-refractivity contribution in [3.05, 3.63) is 92.6 Å². The molecule has 4 rings (SSSR count). The Morgan fingerprint density at radius 3 is 2.16 bits per heavy atom. The summed E-state index contributed by atoms with van der Waals surface area (Å²) in [5.74, 6) is -0.354. The van der Waals surface area contributed by atoms with Crippen molar-refractivity contribution in [3.63, 3.8) is 0 Å². The Hall–Kier alpha value is -5.10. The summed E-state index contributed by atoms with van der Waals surface area (Å²) in [5.41, 5.74) is 1.55. The van der Waals surface area contributed by atoms with Crippen LogP contribution in [-0.2, 0) is 23.0 Å². The van der Waals surface area contributed by atoms with Crippen LogP contribution in [0.1, 0.15) is 43.1 Å².